The summed E-state index contributed by atoms with van der Waals surface area (Å²) in [4.78, 5) is 38.3. The SMILES string of the molecule is Cc1ccnc(-n2c(Sc3ccc([N+](=O)[O-])c4cnccc34)nc3ccccc3c2=O)c1. The fraction of sp³-hybridized carbons (Fsp3) is 0.0435. The molecule has 5 rings (SSSR count). The first kappa shape index (κ1) is 19.8. The number of nitro groups is 1. The molecule has 9 heteroatoms. The van der Waals surface area contributed by atoms with E-state index in [0.29, 0.717) is 32.6 Å². The number of nitro benzene ring substituents is 1. The van der Waals surface area contributed by atoms with Crippen LogP contribution in [0.25, 0.3) is 27.5 Å². The van der Waals surface area contributed by atoms with Crippen molar-refractivity contribution in [1.82, 2.24) is 19.5 Å². The predicted octanol–water partition coefficient (Wildman–Crippen LogP) is 4.70. The molecule has 0 fully saturated rings. The number of aryl methyl sites for hydroxylation is 1. The average Bonchev–Trinajstić information content (AvgIpc) is 2.79. The lowest BCUT2D eigenvalue weighted by atomic mass is 10.1. The molecule has 0 unspecified atom stereocenters. The van der Waals surface area contributed by atoms with E-state index in [9.17, 15) is 14.9 Å². The van der Waals surface area contributed by atoms with Gasteiger partial charge in [-0.1, -0.05) is 23.9 Å². The molecular weight excluding hydrogens is 426 g/mol. The lowest BCUT2D eigenvalue weighted by Crippen LogP contribution is -2.22. The third-order valence-electron chi connectivity index (χ3n) is 5.03. The maximum Gasteiger partial charge on any atom is 0.278 e. The van der Waals surface area contributed by atoms with Crippen LogP contribution in [0.2, 0.25) is 0 Å². The van der Waals surface area contributed by atoms with Crippen LogP contribution in [0, 0.1) is 17.0 Å². The van der Waals surface area contributed by atoms with E-state index >= 15 is 0 Å². The second-order valence-electron chi connectivity index (χ2n) is 7.11. The Balaban J connectivity index is 1.77. The quantitative estimate of drug-likeness (QED) is 0.226. The third-order valence-corrected chi connectivity index (χ3v) is 6.06. The number of hydrogen-bond acceptors (Lipinski definition) is 7. The molecule has 0 N–H and O–H groups in total. The summed E-state index contributed by atoms with van der Waals surface area (Å²) >= 11 is 1.26. The molecule has 0 amide bonds. The van der Waals surface area contributed by atoms with Gasteiger partial charge in [-0.25, -0.2) is 14.5 Å². The van der Waals surface area contributed by atoms with Crippen LogP contribution in [0.5, 0.6) is 0 Å². The minimum atomic E-state index is -0.431. The summed E-state index contributed by atoms with van der Waals surface area (Å²) in [6.07, 6.45) is 4.70. The summed E-state index contributed by atoms with van der Waals surface area (Å²) in [7, 11) is 0. The third kappa shape index (κ3) is 3.38. The molecule has 3 heterocycles. The van der Waals surface area contributed by atoms with Crippen molar-refractivity contribution >= 4 is 39.1 Å². The Morgan fingerprint density at radius 3 is 2.66 bits per heavy atom. The molecule has 0 atom stereocenters. The molecule has 0 aliphatic carbocycles. The van der Waals surface area contributed by atoms with Gasteiger partial charge in [0.15, 0.2) is 5.16 Å². The topological polar surface area (TPSA) is 104 Å². The summed E-state index contributed by atoms with van der Waals surface area (Å²) < 4.78 is 1.48. The number of hydrogen-bond donors (Lipinski definition) is 0. The molecule has 5 aromatic rings. The fourth-order valence-electron chi connectivity index (χ4n) is 3.52. The van der Waals surface area contributed by atoms with Crippen molar-refractivity contribution in [2.45, 2.75) is 17.0 Å². The average molecular weight is 441 g/mol. The normalized spacial score (nSPS) is 11.2. The number of benzene rings is 2. The number of pyridine rings is 2. The van der Waals surface area contributed by atoms with Crippen LogP contribution >= 0.6 is 11.8 Å². The summed E-state index contributed by atoms with van der Waals surface area (Å²) in [5.41, 5.74) is 1.26. The summed E-state index contributed by atoms with van der Waals surface area (Å²) in [6.45, 7) is 1.92. The molecular formula is C23H15N5O3S. The van der Waals surface area contributed by atoms with Crippen molar-refractivity contribution in [2.75, 3.05) is 0 Å². The van der Waals surface area contributed by atoms with Gasteiger partial charge in [0.25, 0.3) is 11.2 Å². The zero-order valence-corrected chi connectivity index (χ0v) is 17.6. The molecule has 0 saturated heterocycles. The smallest absolute Gasteiger partial charge is 0.268 e. The van der Waals surface area contributed by atoms with E-state index < -0.39 is 4.92 Å². The Kier molecular flexibility index (Phi) is 4.87. The fourth-order valence-corrected chi connectivity index (χ4v) is 4.55. The number of nitrogens with zero attached hydrogens (tertiary/aromatic N) is 5. The Hall–Kier alpha value is -4.11. The lowest BCUT2D eigenvalue weighted by Gasteiger charge is -2.13. The van der Waals surface area contributed by atoms with Crippen LogP contribution in [-0.2, 0) is 0 Å². The number of non-ortho nitro benzene ring substituents is 1. The first-order chi connectivity index (χ1) is 15.5. The van der Waals surface area contributed by atoms with Crippen molar-refractivity contribution in [3.63, 3.8) is 0 Å². The van der Waals surface area contributed by atoms with Gasteiger partial charge in [0, 0.05) is 34.9 Å². The van der Waals surface area contributed by atoms with Crippen LogP contribution in [-0.4, -0.2) is 24.4 Å². The van der Waals surface area contributed by atoms with Crippen molar-refractivity contribution in [1.29, 1.82) is 0 Å². The van der Waals surface area contributed by atoms with Gasteiger partial charge in [-0.3, -0.25) is 19.9 Å². The zero-order chi connectivity index (χ0) is 22.2. The van der Waals surface area contributed by atoms with Gasteiger partial charge in [-0.15, -0.1) is 0 Å². The van der Waals surface area contributed by atoms with Gasteiger partial charge in [-0.2, -0.15) is 0 Å². The van der Waals surface area contributed by atoms with Gasteiger partial charge >= 0.3 is 0 Å². The van der Waals surface area contributed by atoms with Gasteiger partial charge in [-0.05, 0) is 48.9 Å². The van der Waals surface area contributed by atoms with E-state index in [0.717, 1.165) is 10.5 Å². The van der Waals surface area contributed by atoms with E-state index in [-0.39, 0.29) is 11.2 Å². The molecule has 156 valence electrons. The Labute approximate surface area is 185 Å². The number of aromatic nitrogens is 4. The molecule has 32 heavy (non-hydrogen) atoms. The van der Waals surface area contributed by atoms with Gasteiger partial charge < -0.3 is 0 Å². The Morgan fingerprint density at radius 2 is 1.84 bits per heavy atom. The van der Waals surface area contributed by atoms with Gasteiger partial charge in [0.05, 0.1) is 21.2 Å². The lowest BCUT2D eigenvalue weighted by molar-refractivity contribution is -0.383. The molecule has 0 aliphatic heterocycles. The highest BCUT2D eigenvalue weighted by molar-refractivity contribution is 7.99. The highest BCUT2D eigenvalue weighted by atomic mass is 32.2. The monoisotopic (exact) mass is 441 g/mol. The maximum atomic E-state index is 13.4. The predicted molar refractivity (Wildman–Crippen MR) is 122 cm³/mol. The molecule has 3 aromatic heterocycles. The van der Waals surface area contributed by atoms with E-state index in [1.165, 1.54) is 28.6 Å². The number of rotatable bonds is 4. The number of para-hydroxylation sites is 1. The highest BCUT2D eigenvalue weighted by Crippen LogP contribution is 2.36. The van der Waals surface area contributed by atoms with Gasteiger partial charge in [0.2, 0.25) is 0 Å². The van der Waals surface area contributed by atoms with E-state index in [2.05, 4.69) is 9.97 Å². The van der Waals surface area contributed by atoms with E-state index in [4.69, 9.17) is 4.98 Å². The summed E-state index contributed by atoms with van der Waals surface area (Å²) in [5.74, 6) is 0.462. The van der Waals surface area contributed by atoms with E-state index in [1.807, 2.05) is 25.1 Å². The maximum absolute atomic E-state index is 13.4. The molecule has 0 spiro atoms. The van der Waals surface area contributed by atoms with Crippen LogP contribution < -0.4 is 5.56 Å². The van der Waals surface area contributed by atoms with Crippen molar-refractivity contribution < 1.29 is 4.92 Å². The Bertz CT molecular complexity index is 1580. The minimum absolute atomic E-state index is 0.0262. The second-order valence-corrected chi connectivity index (χ2v) is 8.12. The molecule has 2 aromatic carbocycles. The van der Waals surface area contributed by atoms with Crippen LogP contribution in [0.3, 0.4) is 0 Å². The zero-order valence-electron chi connectivity index (χ0n) is 16.8. The first-order valence-corrected chi connectivity index (χ1v) is 10.5. The van der Waals surface area contributed by atoms with Crippen molar-refractivity contribution in [3.8, 4) is 5.82 Å². The van der Waals surface area contributed by atoms with Crippen LogP contribution in [0.15, 0.2) is 88.0 Å². The summed E-state index contributed by atoms with van der Waals surface area (Å²) in [6, 6.07) is 15.6. The molecule has 0 radical (unpaired) electrons. The van der Waals surface area contributed by atoms with Gasteiger partial charge in [0.1, 0.15) is 5.82 Å². The number of fused-ring (bicyclic) bond motifs is 2. The standard InChI is InChI=1S/C23H15N5O3S/c1-14-8-11-25-21(12-14)27-22(29)16-4-2-3-5-18(16)26-23(27)32-20-7-6-19(28(30)31)17-13-24-10-9-15(17)20/h2-13H,1H3. The molecule has 0 saturated carbocycles. The Morgan fingerprint density at radius 1 is 1.00 bits per heavy atom. The van der Waals surface area contributed by atoms with Crippen molar-refractivity contribution in [3.05, 3.63) is 99.2 Å². The second kappa shape index (κ2) is 7.86. The molecule has 0 bridgehead atoms. The molecule has 8 nitrogen and oxygen atoms in total. The van der Waals surface area contributed by atoms with Crippen LogP contribution in [0.1, 0.15) is 5.56 Å². The van der Waals surface area contributed by atoms with Crippen molar-refractivity contribution in [2.24, 2.45) is 0 Å². The highest BCUT2D eigenvalue weighted by Gasteiger charge is 2.19. The molecule has 0 aliphatic rings. The summed E-state index contributed by atoms with van der Waals surface area (Å²) in [5, 5.41) is 13.4. The minimum Gasteiger partial charge on any atom is -0.268 e. The van der Waals surface area contributed by atoms with Crippen LogP contribution in [0.4, 0.5) is 5.69 Å². The first-order valence-electron chi connectivity index (χ1n) is 9.67. The van der Waals surface area contributed by atoms with E-state index in [1.54, 1.807) is 42.7 Å². The largest absolute Gasteiger partial charge is 0.278 e.